The van der Waals surface area contributed by atoms with Gasteiger partial charge < -0.3 is 15.4 Å². The Labute approximate surface area is 103 Å². The SMILES string of the molecule is CN(Cc1ncccc1N)CC1CCOCC1. The molecule has 0 bridgehead atoms. The molecule has 2 heterocycles. The van der Waals surface area contributed by atoms with Crippen molar-refractivity contribution in [2.45, 2.75) is 19.4 Å². The summed E-state index contributed by atoms with van der Waals surface area (Å²) >= 11 is 0. The van der Waals surface area contributed by atoms with E-state index in [1.54, 1.807) is 6.20 Å². The largest absolute Gasteiger partial charge is 0.397 e. The van der Waals surface area contributed by atoms with Crippen molar-refractivity contribution in [3.63, 3.8) is 0 Å². The molecule has 1 fully saturated rings. The van der Waals surface area contributed by atoms with Crippen molar-refractivity contribution >= 4 is 5.69 Å². The molecule has 0 atom stereocenters. The Bertz CT molecular complexity index is 350. The van der Waals surface area contributed by atoms with Crippen LogP contribution >= 0.6 is 0 Å². The number of rotatable bonds is 4. The average molecular weight is 235 g/mol. The Morgan fingerprint density at radius 2 is 2.24 bits per heavy atom. The Morgan fingerprint density at radius 1 is 1.47 bits per heavy atom. The number of nitrogen functional groups attached to an aromatic ring is 1. The van der Waals surface area contributed by atoms with Gasteiger partial charge in [0.05, 0.1) is 11.4 Å². The molecule has 1 aliphatic heterocycles. The molecule has 1 saturated heterocycles. The number of aromatic nitrogens is 1. The number of pyridine rings is 1. The number of nitrogens with two attached hydrogens (primary N) is 1. The van der Waals surface area contributed by atoms with Crippen LogP contribution in [0.4, 0.5) is 5.69 Å². The quantitative estimate of drug-likeness (QED) is 0.859. The van der Waals surface area contributed by atoms with Gasteiger partial charge in [-0.3, -0.25) is 4.98 Å². The van der Waals surface area contributed by atoms with Crippen LogP contribution in [-0.4, -0.2) is 36.7 Å². The maximum Gasteiger partial charge on any atom is 0.0772 e. The molecule has 0 radical (unpaired) electrons. The second kappa shape index (κ2) is 5.98. The van der Waals surface area contributed by atoms with E-state index >= 15 is 0 Å². The monoisotopic (exact) mass is 235 g/mol. The summed E-state index contributed by atoms with van der Waals surface area (Å²) in [4.78, 5) is 6.62. The lowest BCUT2D eigenvalue weighted by atomic mass is 10.00. The molecule has 17 heavy (non-hydrogen) atoms. The van der Waals surface area contributed by atoms with Crippen LogP contribution in [-0.2, 0) is 11.3 Å². The summed E-state index contributed by atoms with van der Waals surface area (Å²) in [7, 11) is 2.13. The van der Waals surface area contributed by atoms with Gasteiger partial charge in [-0.25, -0.2) is 0 Å². The van der Waals surface area contributed by atoms with Gasteiger partial charge in [0.2, 0.25) is 0 Å². The normalized spacial score (nSPS) is 17.5. The molecule has 4 heteroatoms. The topological polar surface area (TPSA) is 51.4 Å². The molecule has 4 nitrogen and oxygen atoms in total. The van der Waals surface area contributed by atoms with Gasteiger partial charge in [0, 0.05) is 32.5 Å². The fraction of sp³-hybridized carbons (Fsp3) is 0.615. The summed E-state index contributed by atoms with van der Waals surface area (Å²) in [6.07, 6.45) is 4.14. The number of hydrogen-bond donors (Lipinski definition) is 1. The highest BCUT2D eigenvalue weighted by atomic mass is 16.5. The van der Waals surface area contributed by atoms with Crippen molar-refractivity contribution in [2.75, 3.05) is 32.5 Å². The fourth-order valence-corrected chi connectivity index (χ4v) is 2.27. The maximum absolute atomic E-state index is 5.89. The van der Waals surface area contributed by atoms with Crippen LogP contribution in [0.3, 0.4) is 0 Å². The zero-order valence-electron chi connectivity index (χ0n) is 10.4. The van der Waals surface area contributed by atoms with E-state index in [-0.39, 0.29) is 0 Å². The Hall–Kier alpha value is -1.13. The van der Waals surface area contributed by atoms with E-state index in [1.165, 1.54) is 12.8 Å². The number of ether oxygens (including phenoxy) is 1. The molecule has 2 rings (SSSR count). The van der Waals surface area contributed by atoms with Gasteiger partial charge in [0.15, 0.2) is 0 Å². The zero-order chi connectivity index (χ0) is 12.1. The Balaban J connectivity index is 1.84. The van der Waals surface area contributed by atoms with Crippen LogP contribution in [0.5, 0.6) is 0 Å². The van der Waals surface area contributed by atoms with E-state index in [0.717, 1.165) is 43.6 Å². The lowest BCUT2D eigenvalue weighted by Gasteiger charge is -2.27. The predicted octanol–water partition coefficient (Wildman–Crippen LogP) is 1.52. The molecule has 1 aromatic rings. The van der Waals surface area contributed by atoms with E-state index < -0.39 is 0 Å². The van der Waals surface area contributed by atoms with E-state index in [1.807, 2.05) is 12.1 Å². The first-order valence-corrected chi connectivity index (χ1v) is 6.21. The third-order valence-electron chi connectivity index (χ3n) is 3.26. The molecule has 0 amide bonds. The maximum atomic E-state index is 5.89. The Morgan fingerprint density at radius 3 is 2.94 bits per heavy atom. The lowest BCUT2D eigenvalue weighted by molar-refractivity contribution is 0.0548. The van der Waals surface area contributed by atoms with Crippen LogP contribution in [0, 0.1) is 5.92 Å². The van der Waals surface area contributed by atoms with Crippen LogP contribution in [0.1, 0.15) is 18.5 Å². The van der Waals surface area contributed by atoms with Gasteiger partial charge in [-0.15, -0.1) is 0 Å². The molecular weight excluding hydrogens is 214 g/mol. The second-order valence-corrected chi connectivity index (χ2v) is 4.79. The highest BCUT2D eigenvalue weighted by Gasteiger charge is 2.16. The highest BCUT2D eigenvalue weighted by molar-refractivity contribution is 5.41. The van der Waals surface area contributed by atoms with E-state index in [0.29, 0.717) is 0 Å². The molecule has 94 valence electrons. The van der Waals surface area contributed by atoms with Gasteiger partial charge >= 0.3 is 0 Å². The van der Waals surface area contributed by atoms with Crippen LogP contribution in [0.2, 0.25) is 0 Å². The molecule has 1 aliphatic rings. The third-order valence-corrected chi connectivity index (χ3v) is 3.26. The molecule has 0 saturated carbocycles. The van der Waals surface area contributed by atoms with Crippen molar-refractivity contribution in [3.8, 4) is 0 Å². The van der Waals surface area contributed by atoms with Crippen molar-refractivity contribution in [1.29, 1.82) is 0 Å². The average Bonchev–Trinajstić information content (AvgIpc) is 2.33. The zero-order valence-corrected chi connectivity index (χ0v) is 10.4. The molecule has 2 N–H and O–H groups in total. The lowest BCUT2D eigenvalue weighted by Crippen LogP contribution is -2.29. The minimum absolute atomic E-state index is 0.749. The van der Waals surface area contributed by atoms with E-state index in [9.17, 15) is 0 Å². The predicted molar refractivity (Wildman–Crippen MR) is 68.5 cm³/mol. The highest BCUT2D eigenvalue weighted by Crippen LogP contribution is 2.17. The van der Waals surface area contributed by atoms with Gasteiger partial charge in [-0.1, -0.05) is 0 Å². The summed E-state index contributed by atoms with van der Waals surface area (Å²) in [6.45, 7) is 3.73. The van der Waals surface area contributed by atoms with Crippen molar-refractivity contribution in [1.82, 2.24) is 9.88 Å². The van der Waals surface area contributed by atoms with Crippen molar-refractivity contribution in [2.24, 2.45) is 5.92 Å². The molecule has 0 aromatic carbocycles. The summed E-state index contributed by atoms with van der Waals surface area (Å²) in [5.74, 6) is 0.749. The van der Waals surface area contributed by atoms with Crippen LogP contribution in [0.15, 0.2) is 18.3 Å². The summed E-state index contributed by atoms with van der Waals surface area (Å²) in [5, 5.41) is 0. The van der Waals surface area contributed by atoms with Crippen LogP contribution < -0.4 is 5.73 Å². The first-order chi connectivity index (χ1) is 8.25. The van der Waals surface area contributed by atoms with E-state index in [2.05, 4.69) is 16.9 Å². The third kappa shape index (κ3) is 3.68. The van der Waals surface area contributed by atoms with Gasteiger partial charge in [0.25, 0.3) is 0 Å². The van der Waals surface area contributed by atoms with E-state index in [4.69, 9.17) is 10.5 Å². The van der Waals surface area contributed by atoms with Crippen molar-refractivity contribution in [3.05, 3.63) is 24.0 Å². The van der Waals surface area contributed by atoms with Crippen molar-refractivity contribution < 1.29 is 4.74 Å². The minimum Gasteiger partial charge on any atom is -0.397 e. The van der Waals surface area contributed by atoms with Crippen LogP contribution in [0.25, 0.3) is 0 Å². The molecule has 1 aromatic heterocycles. The smallest absolute Gasteiger partial charge is 0.0772 e. The molecule has 0 spiro atoms. The minimum atomic E-state index is 0.749. The second-order valence-electron chi connectivity index (χ2n) is 4.79. The standard InChI is InChI=1S/C13H21N3O/c1-16(9-11-4-7-17-8-5-11)10-13-12(14)3-2-6-15-13/h2-3,6,11H,4-5,7-10,14H2,1H3. The van der Waals surface area contributed by atoms with Gasteiger partial charge in [0.1, 0.15) is 0 Å². The first-order valence-electron chi connectivity index (χ1n) is 6.21. The molecular formula is C13H21N3O. The summed E-state index contributed by atoms with van der Waals surface area (Å²) < 4.78 is 5.37. The van der Waals surface area contributed by atoms with Gasteiger partial charge in [-0.05, 0) is 37.9 Å². The Kier molecular flexibility index (Phi) is 4.34. The molecule has 0 unspecified atom stereocenters. The fourth-order valence-electron chi connectivity index (χ4n) is 2.27. The summed E-state index contributed by atoms with van der Waals surface area (Å²) in [6, 6.07) is 3.78. The molecule has 0 aliphatic carbocycles. The number of anilines is 1. The number of nitrogens with zero attached hydrogens (tertiary/aromatic N) is 2. The first kappa shape index (κ1) is 12.3. The summed E-state index contributed by atoms with van der Waals surface area (Å²) in [5.41, 5.74) is 7.65. The van der Waals surface area contributed by atoms with Gasteiger partial charge in [-0.2, -0.15) is 0 Å². The number of hydrogen-bond acceptors (Lipinski definition) is 4.